The van der Waals surface area contributed by atoms with E-state index in [0.717, 1.165) is 25.7 Å². The van der Waals surface area contributed by atoms with Crippen LogP contribution in [0.2, 0.25) is 0 Å². The Hall–Kier alpha value is -1.12. The Morgan fingerprint density at radius 2 is 1.78 bits per heavy atom. The van der Waals surface area contributed by atoms with Gasteiger partial charge in [-0.15, -0.1) is 0 Å². The zero-order valence-electron chi connectivity index (χ0n) is 11.0. The van der Waals surface area contributed by atoms with Gasteiger partial charge in [-0.3, -0.25) is 0 Å². The lowest BCUT2D eigenvalue weighted by Gasteiger charge is -2.28. The molecule has 2 heteroatoms. The Balaban J connectivity index is 1.96. The highest BCUT2D eigenvalue weighted by Crippen LogP contribution is 2.18. The minimum Gasteiger partial charge on any atom is -0.391 e. The van der Waals surface area contributed by atoms with Gasteiger partial charge in [-0.25, -0.2) is 0 Å². The smallest absolute Gasteiger partial charge is 0.0696 e. The molecule has 98 valence electrons. The topological polar surface area (TPSA) is 32.3 Å². The van der Waals surface area contributed by atoms with Crippen molar-refractivity contribution in [3.63, 3.8) is 0 Å². The average Bonchev–Trinajstić information content (AvgIpc) is 2.39. The molecule has 1 aliphatic rings. The minimum absolute atomic E-state index is 0.199. The average molecular weight is 245 g/mol. The first kappa shape index (κ1) is 13.3. The Kier molecular flexibility index (Phi) is 4.97. The number of rotatable bonds is 3. The maximum absolute atomic E-state index is 10.2. The molecule has 0 aromatic heterocycles. The number of hydrogen-bond acceptors (Lipinski definition) is 2. The number of aliphatic hydroxyl groups is 1. The summed E-state index contributed by atoms with van der Waals surface area (Å²) in [5.74, 6) is 0. The molecule has 1 aromatic carbocycles. The molecule has 18 heavy (non-hydrogen) atoms. The first-order valence-corrected chi connectivity index (χ1v) is 6.91. The fourth-order valence-corrected chi connectivity index (χ4v) is 2.53. The largest absolute Gasteiger partial charge is 0.391 e. The van der Waals surface area contributed by atoms with Crippen molar-refractivity contribution in [3.05, 3.63) is 48.0 Å². The van der Waals surface area contributed by atoms with E-state index in [4.69, 9.17) is 0 Å². The standard InChI is InChI=1S/C16H23NO/c1-13(14-9-5-4-6-10-14)17-15-11-7-2-3-8-12-16(15)18/h2-6,9-10,13,15-18H,7-8,11-12H2,1H3/t13-,15-,16-/m1/s1. The third-order valence-electron chi connectivity index (χ3n) is 3.67. The van der Waals surface area contributed by atoms with Crippen molar-refractivity contribution in [1.82, 2.24) is 5.32 Å². The summed E-state index contributed by atoms with van der Waals surface area (Å²) in [7, 11) is 0. The zero-order valence-corrected chi connectivity index (χ0v) is 11.0. The number of nitrogens with one attached hydrogen (secondary N) is 1. The van der Waals surface area contributed by atoms with Gasteiger partial charge in [0.1, 0.15) is 0 Å². The number of hydrogen-bond donors (Lipinski definition) is 2. The van der Waals surface area contributed by atoms with E-state index < -0.39 is 0 Å². The Bertz CT molecular complexity index is 374. The van der Waals surface area contributed by atoms with E-state index in [1.54, 1.807) is 0 Å². The van der Waals surface area contributed by atoms with Crippen molar-refractivity contribution < 1.29 is 5.11 Å². The molecule has 0 unspecified atom stereocenters. The molecule has 0 bridgehead atoms. The fraction of sp³-hybridized carbons (Fsp3) is 0.500. The summed E-state index contributed by atoms with van der Waals surface area (Å²) in [5.41, 5.74) is 1.28. The summed E-state index contributed by atoms with van der Waals surface area (Å²) in [5, 5.41) is 13.7. The van der Waals surface area contributed by atoms with E-state index in [1.165, 1.54) is 5.56 Å². The highest BCUT2D eigenvalue weighted by atomic mass is 16.3. The molecule has 0 heterocycles. The molecule has 1 aromatic rings. The van der Waals surface area contributed by atoms with Crippen LogP contribution in [0, 0.1) is 0 Å². The SMILES string of the molecule is C[C@@H](N[C@@H]1CCC=CCC[C@H]1O)c1ccccc1. The van der Waals surface area contributed by atoms with E-state index in [2.05, 4.69) is 48.7 Å². The fourth-order valence-electron chi connectivity index (χ4n) is 2.53. The van der Waals surface area contributed by atoms with E-state index in [0.29, 0.717) is 0 Å². The molecule has 2 nitrogen and oxygen atoms in total. The van der Waals surface area contributed by atoms with Gasteiger partial charge >= 0.3 is 0 Å². The van der Waals surface area contributed by atoms with E-state index in [-0.39, 0.29) is 18.2 Å². The van der Waals surface area contributed by atoms with Crippen molar-refractivity contribution >= 4 is 0 Å². The number of allylic oxidation sites excluding steroid dienone is 2. The lowest BCUT2D eigenvalue weighted by Crippen LogP contribution is -2.41. The molecule has 0 aliphatic heterocycles. The second-order valence-electron chi connectivity index (χ2n) is 5.10. The zero-order chi connectivity index (χ0) is 12.8. The first-order chi connectivity index (χ1) is 8.77. The molecular weight excluding hydrogens is 222 g/mol. The molecule has 2 N–H and O–H groups in total. The molecule has 1 aliphatic carbocycles. The van der Waals surface area contributed by atoms with Crippen LogP contribution in [0.3, 0.4) is 0 Å². The second kappa shape index (κ2) is 6.72. The molecule has 0 amide bonds. The molecular formula is C16H23NO. The predicted octanol–water partition coefficient (Wildman–Crippen LogP) is 3.20. The van der Waals surface area contributed by atoms with Gasteiger partial charge in [-0.2, -0.15) is 0 Å². The van der Waals surface area contributed by atoms with Crippen molar-refractivity contribution in [2.24, 2.45) is 0 Å². The van der Waals surface area contributed by atoms with E-state index in [1.807, 2.05) is 6.07 Å². The highest BCUT2D eigenvalue weighted by molar-refractivity contribution is 5.18. The summed E-state index contributed by atoms with van der Waals surface area (Å²) in [6.07, 6.45) is 8.08. The van der Waals surface area contributed by atoms with Gasteiger partial charge in [0.2, 0.25) is 0 Å². The highest BCUT2D eigenvalue weighted by Gasteiger charge is 2.21. The number of aliphatic hydroxyl groups excluding tert-OH is 1. The maximum Gasteiger partial charge on any atom is 0.0696 e. The summed E-state index contributed by atoms with van der Waals surface area (Å²) in [6.45, 7) is 2.16. The molecule has 0 radical (unpaired) electrons. The Morgan fingerprint density at radius 3 is 2.50 bits per heavy atom. The van der Waals surface area contributed by atoms with Crippen molar-refractivity contribution in [3.8, 4) is 0 Å². The van der Waals surface area contributed by atoms with Crippen LogP contribution in [0.15, 0.2) is 42.5 Å². The van der Waals surface area contributed by atoms with Gasteiger partial charge in [0.25, 0.3) is 0 Å². The van der Waals surface area contributed by atoms with Crippen molar-refractivity contribution in [1.29, 1.82) is 0 Å². The monoisotopic (exact) mass is 245 g/mol. The lowest BCUT2D eigenvalue weighted by atomic mass is 9.96. The molecule has 3 atom stereocenters. The van der Waals surface area contributed by atoms with Crippen molar-refractivity contribution in [2.45, 2.75) is 50.8 Å². The Labute approximate surface area is 110 Å². The van der Waals surface area contributed by atoms with Gasteiger partial charge in [0.05, 0.1) is 6.10 Å². The normalized spacial score (nSPS) is 26.3. The minimum atomic E-state index is -0.235. The molecule has 0 spiro atoms. The van der Waals surface area contributed by atoms with Crippen LogP contribution in [-0.2, 0) is 0 Å². The van der Waals surface area contributed by atoms with Crippen LogP contribution in [0.4, 0.5) is 0 Å². The van der Waals surface area contributed by atoms with Gasteiger partial charge < -0.3 is 10.4 Å². The molecule has 2 rings (SSSR count). The summed E-state index contributed by atoms with van der Waals surface area (Å²) in [4.78, 5) is 0. The molecule has 0 saturated carbocycles. The van der Waals surface area contributed by atoms with Crippen LogP contribution >= 0.6 is 0 Å². The van der Waals surface area contributed by atoms with Gasteiger partial charge in [-0.05, 0) is 38.2 Å². The van der Waals surface area contributed by atoms with Crippen molar-refractivity contribution in [2.75, 3.05) is 0 Å². The van der Waals surface area contributed by atoms with Crippen LogP contribution in [-0.4, -0.2) is 17.3 Å². The number of benzene rings is 1. The van der Waals surface area contributed by atoms with Gasteiger partial charge in [0, 0.05) is 12.1 Å². The van der Waals surface area contributed by atoms with Crippen LogP contribution in [0.5, 0.6) is 0 Å². The van der Waals surface area contributed by atoms with Gasteiger partial charge in [-0.1, -0.05) is 42.5 Å². The quantitative estimate of drug-likeness (QED) is 0.802. The summed E-state index contributed by atoms with van der Waals surface area (Å²) >= 11 is 0. The first-order valence-electron chi connectivity index (χ1n) is 6.91. The summed E-state index contributed by atoms with van der Waals surface area (Å²) in [6, 6.07) is 10.9. The van der Waals surface area contributed by atoms with Crippen LogP contribution in [0.25, 0.3) is 0 Å². The second-order valence-corrected chi connectivity index (χ2v) is 5.10. The third kappa shape index (κ3) is 3.69. The third-order valence-corrected chi connectivity index (χ3v) is 3.67. The summed E-state index contributed by atoms with van der Waals surface area (Å²) < 4.78 is 0. The van der Waals surface area contributed by atoms with Crippen LogP contribution < -0.4 is 5.32 Å². The lowest BCUT2D eigenvalue weighted by molar-refractivity contribution is 0.108. The Morgan fingerprint density at radius 1 is 1.11 bits per heavy atom. The van der Waals surface area contributed by atoms with E-state index in [9.17, 15) is 5.11 Å². The van der Waals surface area contributed by atoms with Crippen LogP contribution in [0.1, 0.15) is 44.2 Å². The molecule has 0 saturated heterocycles. The predicted molar refractivity (Wildman–Crippen MR) is 75.4 cm³/mol. The maximum atomic E-state index is 10.2. The molecule has 0 fully saturated rings. The van der Waals surface area contributed by atoms with Gasteiger partial charge in [0.15, 0.2) is 0 Å². The van der Waals surface area contributed by atoms with E-state index >= 15 is 0 Å².